The smallest absolute Gasteiger partial charge is 0.0724 e. The van der Waals surface area contributed by atoms with Crippen LogP contribution in [0.5, 0.6) is 0 Å². The molecule has 3 nitrogen and oxygen atoms in total. The normalized spacial score (nSPS) is 31.2. The first-order chi connectivity index (χ1) is 7.13. The van der Waals surface area contributed by atoms with Gasteiger partial charge in [-0.3, -0.25) is 0 Å². The minimum absolute atomic E-state index is 0.225. The fraction of sp³-hybridized carbons (Fsp3) is 1.00. The van der Waals surface area contributed by atoms with Gasteiger partial charge in [-0.15, -0.1) is 0 Å². The number of nitrogens with one attached hydrogen (secondary N) is 1. The third-order valence-electron chi connectivity index (χ3n) is 3.20. The molecule has 1 aliphatic carbocycles. The Morgan fingerprint density at radius 3 is 2.60 bits per heavy atom. The van der Waals surface area contributed by atoms with Crippen LogP contribution < -0.4 is 5.32 Å². The molecule has 90 valence electrons. The highest BCUT2D eigenvalue weighted by Crippen LogP contribution is 2.21. The van der Waals surface area contributed by atoms with Crippen molar-refractivity contribution < 1.29 is 9.84 Å². The number of aliphatic hydroxyl groups is 1. The van der Waals surface area contributed by atoms with Crippen LogP contribution in [0.1, 0.15) is 46.0 Å². The van der Waals surface area contributed by atoms with E-state index in [0.717, 1.165) is 12.8 Å². The molecule has 0 aromatic heterocycles. The summed E-state index contributed by atoms with van der Waals surface area (Å²) in [6, 6.07) is 0.836. The highest BCUT2D eigenvalue weighted by Gasteiger charge is 2.25. The van der Waals surface area contributed by atoms with E-state index in [4.69, 9.17) is 4.74 Å². The Morgan fingerprint density at radius 2 is 2.00 bits per heavy atom. The Kier molecular flexibility index (Phi) is 5.58. The largest absolute Gasteiger partial charge is 0.393 e. The first kappa shape index (κ1) is 12.9. The Labute approximate surface area is 93.2 Å². The Hall–Kier alpha value is -0.120. The fourth-order valence-electron chi connectivity index (χ4n) is 2.51. The lowest BCUT2D eigenvalue weighted by atomic mass is 9.91. The average Bonchev–Trinajstić information content (AvgIpc) is 2.17. The van der Waals surface area contributed by atoms with Gasteiger partial charge in [0.1, 0.15) is 0 Å². The maximum absolute atomic E-state index is 9.30. The van der Waals surface area contributed by atoms with E-state index >= 15 is 0 Å². The van der Waals surface area contributed by atoms with Crippen LogP contribution in [0.3, 0.4) is 0 Å². The van der Waals surface area contributed by atoms with Crippen LogP contribution in [-0.2, 0) is 4.74 Å². The van der Waals surface area contributed by atoms with Crippen molar-refractivity contribution >= 4 is 0 Å². The van der Waals surface area contributed by atoms with Crippen LogP contribution in [0.4, 0.5) is 0 Å². The van der Waals surface area contributed by atoms with Crippen LogP contribution in [0.15, 0.2) is 0 Å². The molecule has 0 aromatic carbocycles. The number of hydrogen-bond acceptors (Lipinski definition) is 3. The topological polar surface area (TPSA) is 41.5 Å². The van der Waals surface area contributed by atoms with E-state index in [1.54, 1.807) is 7.11 Å². The summed E-state index contributed by atoms with van der Waals surface area (Å²) >= 11 is 0. The van der Waals surface area contributed by atoms with Crippen molar-refractivity contribution in [2.75, 3.05) is 7.11 Å². The molecule has 0 aliphatic heterocycles. The monoisotopic (exact) mass is 215 g/mol. The second-order valence-corrected chi connectivity index (χ2v) is 4.82. The lowest BCUT2D eigenvalue weighted by Crippen LogP contribution is -2.47. The summed E-state index contributed by atoms with van der Waals surface area (Å²) < 4.78 is 5.48. The molecule has 4 unspecified atom stereocenters. The van der Waals surface area contributed by atoms with Gasteiger partial charge in [0, 0.05) is 19.2 Å². The molecule has 0 heterocycles. The molecule has 0 spiro atoms. The lowest BCUT2D eigenvalue weighted by Gasteiger charge is -2.33. The third kappa shape index (κ3) is 4.49. The second kappa shape index (κ2) is 6.46. The molecular weight excluding hydrogens is 190 g/mol. The zero-order valence-corrected chi connectivity index (χ0v) is 10.2. The van der Waals surface area contributed by atoms with Gasteiger partial charge in [0.2, 0.25) is 0 Å². The van der Waals surface area contributed by atoms with E-state index in [1.165, 1.54) is 19.3 Å². The molecule has 2 N–H and O–H groups in total. The number of ether oxygens (including phenoxy) is 1. The maximum Gasteiger partial charge on any atom is 0.0724 e. The highest BCUT2D eigenvalue weighted by molar-refractivity contribution is 4.83. The molecule has 3 heteroatoms. The number of rotatable bonds is 5. The van der Waals surface area contributed by atoms with Crippen LogP contribution in [0.2, 0.25) is 0 Å². The van der Waals surface area contributed by atoms with E-state index in [2.05, 4.69) is 12.2 Å². The molecule has 4 atom stereocenters. The predicted molar refractivity (Wildman–Crippen MR) is 61.9 cm³/mol. The summed E-state index contributed by atoms with van der Waals surface area (Å²) in [7, 11) is 1.80. The maximum atomic E-state index is 9.30. The van der Waals surface area contributed by atoms with Gasteiger partial charge in [-0.2, -0.15) is 0 Å². The van der Waals surface area contributed by atoms with Crippen LogP contribution >= 0.6 is 0 Å². The van der Waals surface area contributed by atoms with E-state index in [-0.39, 0.29) is 6.10 Å². The lowest BCUT2D eigenvalue weighted by molar-refractivity contribution is 0.0357. The van der Waals surface area contributed by atoms with Crippen molar-refractivity contribution in [2.24, 2.45) is 0 Å². The molecule has 1 aliphatic rings. The Bertz CT molecular complexity index is 173. The molecule has 0 amide bonds. The first-order valence-corrected chi connectivity index (χ1v) is 6.10. The first-order valence-electron chi connectivity index (χ1n) is 6.10. The summed E-state index contributed by atoms with van der Waals surface area (Å²) in [5, 5.41) is 12.9. The molecule has 1 fully saturated rings. The summed E-state index contributed by atoms with van der Waals surface area (Å²) in [6.45, 7) is 3.97. The molecule has 1 saturated carbocycles. The van der Waals surface area contributed by atoms with Crippen molar-refractivity contribution in [1.29, 1.82) is 0 Å². The van der Waals surface area contributed by atoms with E-state index in [1.807, 2.05) is 6.92 Å². The van der Waals surface area contributed by atoms with Gasteiger partial charge in [0.15, 0.2) is 0 Å². The van der Waals surface area contributed by atoms with Crippen LogP contribution in [-0.4, -0.2) is 36.5 Å². The Balaban J connectivity index is 2.33. The second-order valence-electron chi connectivity index (χ2n) is 4.82. The van der Waals surface area contributed by atoms with E-state index in [0.29, 0.717) is 18.2 Å². The average molecular weight is 215 g/mol. The van der Waals surface area contributed by atoms with E-state index in [9.17, 15) is 5.11 Å². The molecule has 1 rings (SSSR count). The van der Waals surface area contributed by atoms with Crippen LogP contribution in [0.25, 0.3) is 0 Å². The molecule has 0 aromatic rings. The molecule has 0 radical (unpaired) electrons. The standard InChI is InChI=1S/C12H25NO2/c1-9(8-10(2)14)13-11-6-4-5-7-12(11)15-3/h9-14H,4-8H2,1-3H3. The van der Waals surface area contributed by atoms with Gasteiger partial charge in [-0.25, -0.2) is 0 Å². The van der Waals surface area contributed by atoms with Gasteiger partial charge in [-0.05, 0) is 33.1 Å². The minimum atomic E-state index is -0.225. The van der Waals surface area contributed by atoms with Crippen molar-refractivity contribution in [2.45, 2.75) is 70.2 Å². The van der Waals surface area contributed by atoms with Gasteiger partial charge < -0.3 is 15.2 Å². The quantitative estimate of drug-likeness (QED) is 0.733. The van der Waals surface area contributed by atoms with Gasteiger partial charge in [0.05, 0.1) is 12.2 Å². The number of methoxy groups -OCH3 is 1. The molecule has 15 heavy (non-hydrogen) atoms. The van der Waals surface area contributed by atoms with E-state index < -0.39 is 0 Å². The molecular formula is C12H25NO2. The molecule has 0 saturated heterocycles. The summed E-state index contributed by atoms with van der Waals surface area (Å²) in [5.74, 6) is 0. The predicted octanol–water partition coefficient (Wildman–Crippen LogP) is 1.69. The zero-order chi connectivity index (χ0) is 11.3. The van der Waals surface area contributed by atoms with Crippen molar-refractivity contribution in [1.82, 2.24) is 5.32 Å². The SMILES string of the molecule is COC1CCCCC1NC(C)CC(C)O. The summed E-state index contributed by atoms with van der Waals surface area (Å²) in [4.78, 5) is 0. The molecule has 0 bridgehead atoms. The van der Waals surface area contributed by atoms with Gasteiger partial charge in [-0.1, -0.05) is 12.8 Å². The summed E-state index contributed by atoms with van der Waals surface area (Å²) in [6.07, 6.45) is 5.87. The third-order valence-corrected chi connectivity index (χ3v) is 3.20. The number of hydrogen-bond donors (Lipinski definition) is 2. The van der Waals surface area contributed by atoms with Crippen molar-refractivity contribution in [3.05, 3.63) is 0 Å². The minimum Gasteiger partial charge on any atom is -0.393 e. The van der Waals surface area contributed by atoms with Crippen LogP contribution in [0, 0.1) is 0 Å². The van der Waals surface area contributed by atoms with Crippen molar-refractivity contribution in [3.8, 4) is 0 Å². The van der Waals surface area contributed by atoms with Crippen molar-refractivity contribution in [3.63, 3.8) is 0 Å². The number of aliphatic hydroxyl groups excluding tert-OH is 1. The zero-order valence-electron chi connectivity index (χ0n) is 10.2. The fourth-order valence-corrected chi connectivity index (χ4v) is 2.51. The Morgan fingerprint density at radius 1 is 1.33 bits per heavy atom. The summed E-state index contributed by atoms with van der Waals surface area (Å²) in [5.41, 5.74) is 0. The highest BCUT2D eigenvalue weighted by atomic mass is 16.5. The van der Waals surface area contributed by atoms with Gasteiger partial charge >= 0.3 is 0 Å². The van der Waals surface area contributed by atoms with Gasteiger partial charge in [0.25, 0.3) is 0 Å².